The Bertz CT molecular complexity index is 248. The summed E-state index contributed by atoms with van der Waals surface area (Å²) >= 11 is 0. The zero-order valence-corrected chi connectivity index (χ0v) is 12.5. The second kappa shape index (κ2) is 11.0. The molecule has 0 fully saturated rings. The van der Waals surface area contributed by atoms with Crippen LogP contribution in [0.1, 0.15) is 0 Å². The smallest absolute Gasteiger partial charge is 0.148 e. The molecule has 2 radical (unpaired) electrons. The first kappa shape index (κ1) is 20.9. The topological polar surface area (TPSA) is 12.5 Å². The summed E-state index contributed by atoms with van der Waals surface area (Å²) < 4.78 is 5.03. The number of nitrogens with zero attached hydrogens (tertiary/aromatic N) is 1. The van der Waals surface area contributed by atoms with Crippen LogP contribution in [0.2, 0.25) is 0 Å². The van der Waals surface area contributed by atoms with Crippen molar-refractivity contribution in [3.05, 3.63) is 35.6 Å². The van der Waals surface area contributed by atoms with Gasteiger partial charge in [-0.25, -0.2) is 0 Å². The van der Waals surface area contributed by atoms with Gasteiger partial charge in [-0.05, 0) is 26.2 Å². The molecule has 1 aliphatic carbocycles. The van der Waals surface area contributed by atoms with Crippen molar-refractivity contribution in [2.24, 2.45) is 0 Å². The fourth-order valence-corrected chi connectivity index (χ4v) is 1.01. The number of methoxy groups -OCH3 is 1. The van der Waals surface area contributed by atoms with Crippen molar-refractivity contribution in [1.82, 2.24) is 4.90 Å². The van der Waals surface area contributed by atoms with Gasteiger partial charge >= 0.3 is 0 Å². The summed E-state index contributed by atoms with van der Waals surface area (Å²) in [5, 5.41) is 0. The van der Waals surface area contributed by atoms with Crippen LogP contribution in [0.15, 0.2) is 29.5 Å². The van der Waals surface area contributed by atoms with Crippen molar-refractivity contribution in [3.8, 4) is 0 Å². The van der Waals surface area contributed by atoms with E-state index >= 15 is 0 Å². The number of ether oxygens (including phenoxy) is 1. The first-order valence-electron chi connectivity index (χ1n) is 3.91. The fraction of sp³-hybridized carbons (Fsp3) is 0.400. The predicted molar refractivity (Wildman–Crippen MR) is 49.5 cm³/mol. The third-order valence-corrected chi connectivity index (χ3v) is 1.57. The monoisotopic (exact) mass is 431 g/mol. The van der Waals surface area contributed by atoms with E-state index in [0.717, 1.165) is 12.6 Å². The molecule has 1 aliphatic rings. The Hall–Kier alpha value is 0.500. The summed E-state index contributed by atoms with van der Waals surface area (Å²) in [6, 6.07) is 0. The van der Waals surface area contributed by atoms with E-state index in [1.807, 2.05) is 32.3 Å². The number of halogens is 2. The molecule has 0 aromatic rings. The maximum absolute atomic E-state index is 5.03. The number of likely N-dealkylation sites (N-methyl/N-ethyl adjacent to an activating group) is 1. The number of hydrogen-bond acceptors (Lipinski definition) is 2. The molecule has 0 saturated heterocycles. The molecular formula is C10H14AuCl2NO-2. The quantitative estimate of drug-likeness (QED) is 0.329. The van der Waals surface area contributed by atoms with Gasteiger partial charge in [0.2, 0.25) is 0 Å². The van der Waals surface area contributed by atoms with Crippen LogP contribution in [0.5, 0.6) is 0 Å². The normalized spacial score (nSPS) is 13.7. The van der Waals surface area contributed by atoms with Gasteiger partial charge in [0.05, 0.1) is 0 Å². The van der Waals surface area contributed by atoms with Crippen LogP contribution in [0.25, 0.3) is 0 Å². The molecule has 0 amide bonds. The predicted octanol–water partition coefficient (Wildman–Crippen LogP) is -4.62. The van der Waals surface area contributed by atoms with E-state index in [1.54, 1.807) is 7.11 Å². The summed E-state index contributed by atoms with van der Waals surface area (Å²) in [5.74, 6) is 0. The Balaban J connectivity index is -0.000000480. The van der Waals surface area contributed by atoms with Crippen LogP contribution in [0.3, 0.4) is 0 Å². The van der Waals surface area contributed by atoms with Gasteiger partial charge < -0.3 is 34.5 Å². The Kier molecular flexibility index (Phi) is 15.3. The molecule has 2 nitrogen and oxygen atoms in total. The van der Waals surface area contributed by atoms with E-state index in [-0.39, 0.29) is 47.2 Å². The van der Waals surface area contributed by atoms with Crippen molar-refractivity contribution in [2.45, 2.75) is 0 Å². The van der Waals surface area contributed by atoms with Crippen LogP contribution in [-0.4, -0.2) is 32.6 Å². The summed E-state index contributed by atoms with van der Waals surface area (Å²) in [6.45, 7) is 0.921. The Morgan fingerprint density at radius 1 is 1.27 bits per heavy atom. The van der Waals surface area contributed by atoms with Crippen molar-refractivity contribution >= 4 is 0 Å². The van der Waals surface area contributed by atoms with Crippen molar-refractivity contribution in [3.63, 3.8) is 0 Å². The van der Waals surface area contributed by atoms with E-state index in [1.165, 1.54) is 5.57 Å². The molecule has 0 aromatic heterocycles. The van der Waals surface area contributed by atoms with Gasteiger partial charge in [-0.15, -0.1) is 5.73 Å². The van der Waals surface area contributed by atoms with Crippen molar-refractivity contribution in [2.75, 3.05) is 27.7 Å². The maximum atomic E-state index is 5.03. The van der Waals surface area contributed by atoms with Gasteiger partial charge in [-0.1, -0.05) is 6.08 Å². The van der Waals surface area contributed by atoms with Crippen LogP contribution < -0.4 is 24.8 Å². The van der Waals surface area contributed by atoms with E-state index in [0.29, 0.717) is 0 Å². The molecule has 5 heteroatoms. The van der Waals surface area contributed by atoms with E-state index in [9.17, 15) is 0 Å². The van der Waals surface area contributed by atoms with Gasteiger partial charge in [0, 0.05) is 41.6 Å². The average Bonchev–Trinajstić information content (AvgIpc) is 2.05. The molecule has 0 aromatic carbocycles. The Labute approximate surface area is 120 Å². The maximum Gasteiger partial charge on any atom is 0.148 e. The number of rotatable bonds is 3. The molecule has 0 heterocycles. The van der Waals surface area contributed by atoms with Gasteiger partial charge in [0.1, 0.15) is 6.10 Å². The zero-order valence-electron chi connectivity index (χ0n) is 8.85. The Morgan fingerprint density at radius 3 is 2.20 bits per heavy atom. The molecule has 0 saturated carbocycles. The van der Waals surface area contributed by atoms with Crippen molar-refractivity contribution in [1.29, 1.82) is 0 Å². The molecule has 0 unspecified atom stereocenters. The molecule has 0 bridgehead atoms. The largest absolute Gasteiger partial charge is 1.00 e. The van der Waals surface area contributed by atoms with Gasteiger partial charge in [-0.3, -0.25) is 0 Å². The molecular weight excluding hydrogens is 418 g/mol. The molecule has 0 N–H and O–H groups in total. The van der Waals surface area contributed by atoms with Crippen molar-refractivity contribution < 1.29 is 51.9 Å². The summed E-state index contributed by atoms with van der Waals surface area (Å²) in [4.78, 5) is 2.11. The fourth-order valence-electron chi connectivity index (χ4n) is 1.01. The first-order valence-corrected chi connectivity index (χ1v) is 3.91. The third-order valence-electron chi connectivity index (χ3n) is 1.57. The molecule has 92 valence electrons. The minimum Gasteiger partial charge on any atom is -1.00 e. The minimum absolute atomic E-state index is 0. The molecule has 1 rings (SSSR count). The summed E-state index contributed by atoms with van der Waals surface area (Å²) in [6.07, 6.45) is 6.70. The second-order valence-electron chi connectivity index (χ2n) is 2.99. The number of hydrogen-bond donors (Lipinski definition) is 0. The van der Waals surface area contributed by atoms with Crippen LogP contribution in [0.4, 0.5) is 0 Å². The van der Waals surface area contributed by atoms with Gasteiger partial charge in [0.15, 0.2) is 0 Å². The van der Waals surface area contributed by atoms with E-state index < -0.39 is 0 Å². The summed E-state index contributed by atoms with van der Waals surface area (Å²) in [7, 11) is 5.74. The van der Waals surface area contributed by atoms with Gasteiger partial charge in [-0.2, -0.15) is 0 Å². The standard InChI is InChI=1S/C10H14NO.Au.2ClH/c1-11(2)8-9-4-6-10(12-3)7-5-9;;;/h4,6-7H,8H2,1-3H3;;2*1H/p-2. The SMILES string of the molecule is CO[C]1C=C=C(CN(C)C)C=C1.[Au].[Cl-].[Cl-]. The minimum atomic E-state index is 0. The van der Waals surface area contributed by atoms with Crippen LogP contribution >= 0.6 is 0 Å². The van der Waals surface area contributed by atoms with Gasteiger partial charge in [0.25, 0.3) is 0 Å². The molecule has 0 atom stereocenters. The van der Waals surface area contributed by atoms with Crippen LogP contribution in [0, 0.1) is 6.10 Å². The molecule has 0 spiro atoms. The van der Waals surface area contributed by atoms with E-state index in [2.05, 4.69) is 10.6 Å². The first-order chi connectivity index (χ1) is 5.72. The average molecular weight is 432 g/mol. The second-order valence-corrected chi connectivity index (χ2v) is 2.99. The zero-order chi connectivity index (χ0) is 8.97. The van der Waals surface area contributed by atoms with E-state index in [4.69, 9.17) is 4.74 Å². The third kappa shape index (κ3) is 8.32. The summed E-state index contributed by atoms with van der Waals surface area (Å²) in [5.41, 5.74) is 4.33. The molecule has 15 heavy (non-hydrogen) atoms. The Morgan fingerprint density at radius 2 is 1.87 bits per heavy atom. The van der Waals surface area contributed by atoms with Crippen LogP contribution in [-0.2, 0) is 27.1 Å². The molecule has 0 aliphatic heterocycles.